The molecule has 18 heavy (non-hydrogen) atoms. The fourth-order valence-corrected chi connectivity index (χ4v) is 1.76. The molecule has 0 aromatic heterocycles. The average Bonchev–Trinajstić information content (AvgIpc) is 2.28. The SMILES string of the molecule is CCOC(=O)C[C@@H](C)c1ccccc1C(F)(F)F. The van der Waals surface area contributed by atoms with Gasteiger partial charge in [-0.15, -0.1) is 0 Å². The molecule has 0 saturated carbocycles. The minimum absolute atomic E-state index is 0.0546. The first-order valence-corrected chi connectivity index (χ1v) is 5.68. The van der Waals surface area contributed by atoms with E-state index in [-0.39, 0.29) is 18.6 Å². The van der Waals surface area contributed by atoms with Gasteiger partial charge >= 0.3 is 12.1 Å². The molecule has 1 atom stereocenters. The molecule has 1 aromatic rings. The predicted octanol–water partition coefficient (Wildman–Crippen LogP) is 3.76. The van der Waals surface area contributed by atoms with Crippen molar-refractivity contribution >= 4 is 5.97 Å². The molecule has 100 valence electrons. The largest absolute Gasteiger partial charge is 0.466 e. The second-order valence-corrected chi connectivity index (χ2v) is 4.00. The standard InChI is InChI=1S/C13H15F3O2/c1-3-18-12(17)8-9(2)10-6-4-5-7-11(10)13(14,15)16/h4-7,9H,3,8H2,1-2H3/t9-/m1/s1. The summed E-state index contributed by atoms with van der Waals surface area (Å²) in [6, 6.07) is 5.29. The number of ether oxygens (including phenoxy) is 1. The van der Waals surface area contributed by atoms with Gasteiger partial charge in [-0.05, 0) is 24.5 Å². The van der Waals surface area contributed by atoms with E-state index < -0.39 is 23.6 Å². The van der Waals surface area contributed by atoms with Gasteiger partial charge in [-0.3, -0.25) is 4.79 Å². The number of hydrogen-bond donors (Lipinski definition) is 0. The van der Waals surface area contributed by atoms with Crippen LogP contribution in [0.4, 0.5) is 13.2 Å². The summed E-state index contributed by atoms with van der Waals surface area (Å²) < 4.78 is 43.1. The van der Waals surface area contributed by atoms with Crippen molar-refractivity contribution in [3.05, 3.63) is 35.4 Å². The fraction of sp³-hybridized carbons (Fsp3) is 0.462. The van der Waals surface area contributed by atoms with E-state index in [1.54, 1.807) is 13.8 Å². The van der Waals surface area contributed by atoms with Crippen molar-refractivity contribution < 1.29 is 22.7 Å². The van der Waals surface area contributed by atoms with Crippen LogP contribution in [0.3, 0.4) is 0 Å². The quantitative estimate of drug-likeness (QED) is 0.770. The van der Waals surface area contributed by atoms with Crippen LogP contribution < -0.4 is 0 Å². The van der Waals surface area contributed by atoms with Gasteiger partial charge in [0.05, 0.1) is 18.6 Å². The molecule has 0 N–H and O–H groups in total. The topological polar surface area (TPSA) is 26.3 Å². The van der Waals surface area contributed by atoms with E-state index >= 15 is 0 Å². The third-order valence-electron chi connectivity index (χ3n) is 2.58. The monoisotopic (exact) mass is 260 g/mol. The van der Waals surface area contributed by atoms with E-state index in [2.05, 4.69) is 0 Å². The zero-order chi connectivity index (χ0) is 13.8. The zero-order valence-electron chi connectivity index (χ0n) is 10.3. The Bertz CT molecular complexity index is 413. The van der Waals surface area contributed by atoms with E-state index in [0.29, 0.717) is 0 Å². The molecule has 2 nitrogen and oxygen atoms in total. The molecule has 0 aliphatic heterocycles. The predicted molar refractivity (Wildman–Crippen MR) is 61.1 cm³/mol. The summed E-state index contributed by atoms with van der Waals surface area (Å²) >= 11 is 0. The highest BCUT2D eigenvalue weighted by Crippen LogP contribution is 2.35. The molecule has 0 aliphatic rings. The third-order valence-corrected chi connectivity index (χ3v) is 2.58. The molecule has 1 rings (SSSR count). The maximum Gasteiger partial charge on any atom is 0.416 e. The molecule has 0 saturated heterocycles. The maximum atomic E-state index is 12.8. The molecule has 1 aromatic carbocycles. The number of carbonyl (C=O) groups is 1. The number of benzene rings is 1. The highest BCUT2D eigenvalue weighted by molar-refractivity contribution is 5.70. The average molecular weight is 260 g/mol. The minimum atomic E-state index is -4.40. The molecule has 0 unspecified atom stereocenters. The molecule has 0 radical (unpaired) electrons. The summed E-state index contributed by atoms with van der Waals surface area (Å²) in [5.74, 6) is -1.01. The Morgan fingerprint density at radius 1 is 1.33 bits per heavy atom. The zero-order valence-corrected chi connectivity index (χ0v) is 10.3. The van der Waals surface area contributed by atoms with Crippen molar-refractivity contribution in [2.45, 2.75) is 32.4 Å². The highest BCUT2D eigenvalue weighted by atomic mass is 19.4. The lowest BCUT2D eigenvalue weighted by atomic mass is 9.93. The minimum Gasteiger partial charge on any atom is -0.466 e. The van der Waals surface area contributed by atoms with Gasteiger partial charge in [-0.25, -0.2) is 0 Å². The van der Waals surface area contributed by atoms with Gasteiger partial charge in [0.15, 0.2) is 0 Å². The van der Waals surface area contributed by atoms with Gasteiger partial charge in [-0.1, -0.05) is 25.1 Å². The summed E-state index contributed by atoms with van der Waals surface area (Å²) in [5, 5.41) is 0. The van der Waals surface area contributed by atoms with E-state index in [0.717, 1.165) is 6.07 Å². The summed E-state index contributed by atoms with van der Waals surface area (Å²) in [7, 11) is 0. The van der Waals surface area contributed by atoms with E-state index in [1.807, 2.05) is 0 Å². The van der Waals surface area contributed by atoms with Gasteiger partial charge in [0.2, 0.25) is 0 Å². The van der Waals surface area contributed by atoms with Crippen LogP contribution in [0.5, 0.6) is 0 Å². The number of hydrogen-bond acceptors (Lipinski definition) is 2. The van der Waals surface area contributed by atoms with Crippen molar-refractivity contribution in [1.82, 2.24) is 0 Å². The number of esters is 1. The summed E-state index contributed by atoms with van der Waals surface area (Å²) in [6.07, 6.45) is -4.46. The molecule has 0 heterocycles. The molecule has 5 heteroatoms. The Labute approximate surface area is 104 Å². The van der Waals surface area contributed by atoms with Crippen LogP contribution in [-0.4, -0.2) is 12.6 Å². The van der Waals surface area contributed by atoms with Crippen molar-refractivity contribution in [3.63, 3.8) is 0 Å². The van der Waals surface area contributed by atoms with E-state index in [9.17, 15) is 18.0 Å². The van der Waals surface area contributed by atoms with Crippen molar-refractivity contribution in [2.24, 2.45) is 0 Å². The van der Waals surface area contributed by atoms with Gasteiger partial charge in [0.1, 0.15) is 0 Å². The van der Waals surface area contributed by atoms with Gasteiger partial charge in [0.25, 0.3) is 0 Å². The smallest absolute Gasteiger partial charge is 0.416 e. The lowest BCUT2D eigenvalue weighted by Crippen LogP contribution is -2.14. The first-order valence-electron chi connectivity index (χ1n) is 5.68. The normalized spacial score (nSPS) is 13.2. The fourth-order valence-electron chi connectivity index (χ4n) is 1.76. The van der Waals surface area contributed by atoms with Crippen LogP contribution in [0, 0.1) is 0 Å². The number of halogens is 3. The van der Waals surface area contributed by atoms with E-state index in [1.165, 1.54) is 18.2 Å². The number of carbonyl (C=O) groups excluding carboxylic acids is 1. The Kier molecular flexibility index (Phi) is 4.76. The molecular formula is C13H15F3O2. The second kappa shape index (κ2) is 5.89. The number of rotatable bonds is 4. The second-order valence-electron chi connectivity index (χ2n) is 4.00. The molecule has 0 fully saturated rings. The molecule has 0 spiro atoms. The van der Waals surface area contributed by atoms with Crippen LogP contribution in [0.1, 0.15) is 37.3 Å². The van der Waals surface area contributed by atoms with Crippen LogP contribution in [-0.2, 0) is 15.7 Å². The summed E-state index contributed by atoms with van der Waals surface area (Å²) in [6.45, 7) is 3.47. The maximum absolute atomic E-state index is 12.8. The van der Waals surface area contributed by atoms with Crippen LogP contribution >= 0.6 is 0 Å². The highest BCUT2D eigenvalue weighted by Gasteiger charge is 2.34. The van der Waals surface area contributed by atoms with Crippen molar-refractivity contribution in [2.75, 3.05) is 6.61 Å². The lowest BCUT2D eigenvalue weighted by molar-refractivity contribution is -0.144. The molecular weight excluding hydrogens is 245 g/mol. The Morgan fingerprint density at radius 3 is 2.50 bits per heavy atom. The Morgan fingerprint density at radius 2 is 1.94 bits per heavy atom. The first kappa shape index (κ1) is 14.5. The van der Waals surface area contributed by atoms with Crippen LogP contribution in [0.25, 0.3) is 0 Å². The van der Waals surface area contributed by atoms with Crippen LogP contribution in [0.15, 0.2) is 24.3 Å². The van der Waals surface area contributed by atoms with E-state index in [4.69, 9.17) is 4.74 Å². The molecule has 0 amide bonds. The summed E-state index contributed by atoms with van der Waals surface area (Å²) in [4.78, 5) is 11.3. The first-order chi connectivity index (χ1) is 8.36. The summed E-state index contributed by atoms with van der Waals surface area (Å²) in [5.41, 5.74) is -0.570. The molecule has 0 bridgehead atoms. The van der Waals surface area contributed by atoms with Gasteiger partial charge in [-0.2, -0.15) is 13.2 Å². The Hall–Kier alpha value is -1.52. The van der Waals surface area contributed by atoms with Crippen molar-refractivity contribution in [3.8, 4) is 0 Å². The lowest BCUT2D eigenvalue weighted by Gasteiger charge is -2.17. The van der Waals surface area contributed by atoms with Crippen LogP contribution in [0.2, 0.25) is 0 Å². The number of alkyl halides is 3. The van der Waals surface area contributed by atoms with Gasteiger partial charge < -0.3 is 4.74 Å². The third kappa shape index (κ3) is 3.75. The Balaban J connectivity index is 2.92. The van der Waals surface area contributed by atoms with Crippen molar-refractivity contribution in [1.29, 1.82) is 0 Å². The van der Waals surface area contributed by atoms with Gasteiger partial charge in [0, 0.05) is 0 Å². The molecule has 0 aliphatic carbocycles.